The molecule has 0 radical (unpaired) electrons. The predicted molar refractivity (Wildman–Crippen MR) is 58.3 cm³/mol. The highest BCUT2D eigenvalue weighted by Crippen LogP contribution is 2.11. The van der Waals surface area contributed by atoms with Crippen LogP contribution in [0, 0.1) is 0 Å². The molecule has 0 aliphatic carbocycles. The van der Waals surface area contributed by atoms with Crippen LogP contribution < -0.4 is 11.1 Å². The maximum Gasteiger partial charge on any atom is 0.231 e. The van der Waals surface area contributed by atoms with Crippen molar-refractivity contribution in [2.24, 2.45) is 5.73 Å². The summed E-state index contributed by atoms with van der Waals surface area (Å²) >= 11 is 0. The number of hydrogen-bond acceptors (Lipinski definition) is 3. The van der Waals surface area contributed by atoms with Gasteiger partial charge in [-0.15, -0.1) is 0 Å². The molecule has 1 unspecified atom stereocenters. The van der Waals surface area contributed by atoms with Gasteiger partial charge in [0.1, 0.15) is 0 Å². The van der Waals surface area contributed by atoms with Gasteiger partial charge in [-0.1, -0.05) is 30.3 Å². The van der Waals surface area contributed by atoms with Gasteiger partial charge >= 0.3 is 0 Å². The molecule has 1 aromatic carbocycles. The molecule has 0 saturated carbocycles. The summed E-state index contributed by atoms with van der Waals surface area (Å²) in [6.45, 7) is 0.667. The molecule has 4 nitrogen and oxygen atoms in total. The van der Waals surface area contributed by atoms with E-state index in [1.807, 2.05) is 30.3 Å². The third-order valence-corrected chi connectivity index (χ3v) is 2.06. The molecule has 1 amide bonds. The van der Waals surface area contributed by atoms with Gasteiger partial charge in [0.05, 0.1) is 19.2 Å². The van der Waals surface area contributed by atoms with Gasteiger partial charge in [-0.25, -0.2) is 0 Å². The first-order valence-electron chi connectivity index (χ1n) is 4.79. The second kappa shape index (κ2) is 6.16. The molecule has 1 aromatic rings. The number of methoxy groups -OCH3 is 1. The highest BCUT2D eigenvalue weighted by atomic mass is 16.5. The van der Waals surface area contributed by atoms with Crippen molar-refractivity contribution in [1.82, 2.24) is 5.32 Å². The second-order valence-electron chi connectivity index (χ2n) is 3.27. The number of primary amides is 1. The van der Waals surface area contributed by atoms with Crippen LogP contribution in [0.5, 0.6) is 0 Å². The largest absolute Gasteiger partial charge is 0.383 e. The molecule has 0 bridgehead atoms. The number of amides is 1. The standard InChI is InChI=1S/C11H16N2O2/c1-15-8-10(13-7-11(12)14)9-5-3-2-4-6-9/h2-6,10,13H,7-8H2,1H3,(H2,12,14). The zero-order chi connectivity index (χ0) is 11.1. The van der Waals surface area contributed by atoms with E-state index in [0.29, 0.717) is 6.61 Å². The highest BCUT2D eigenvalue weighted by molar-refractivity contribution is 5.75. The maximum absolute atomic E-state index is 10.7. The Hall–Kier alpha value is -1.39. The Morgan fingerprint density at radius 1 is 1.47 bits per heavy atom. The number of carbonyl (C=O) groups excluding carboxylic acids is 1. The van der Waals surface area contributed by atoms with Crippen LogP contribution in [0.3, 0.4) is 0 Å². The Labute approximate surface area is 89.4 Å². The van der Waals surface area contributed by atoms with Crippen LogP contribution in [0.2, 0.25) is 0 Å². The minimum Gasteiger partial charge on any atom is -0.383 e. The molecule has 0 fully saturated rings. The Morgan fingerprint density at radius 3 is 2.67 bits per heavy atom. The Morgan fingerprint density at radius 2 is 2.13 bits per heavy atom. The summed E-state index contributed by atoms with van der Waals surface area (Å²) in [6.07, 6.45) is 0. The van der Waals surface area contributed by atoms with Crippen LogP contribution in [0.15, 0.2) is 30.3 Å². The second-order valence-corrected chi connectivity index (χ2v) is 3.27. The van der Waals surface area contributed by atoms with Crippen molar-refractivity contribution in [3.05, 3.63) is 35.9 Å². The maximum atomic E-state index is 10.7. The van der Waals surface area contributed by atoms with Crippen molar-refractivity contribution in [3.63, 3.8) is 0 Å². The third-order valence-electron chi connectivity index (χ3n) is 2.06. The first-order chi connectivity index (χ1) is 7.24. The van der Waals surface area contributed by atoms with Crippen molar-refractivity contribution in [3.8, 4) is 0 Å². The van der Waals surface area contributed by atoms with E-state index in [1.54, 1.807) is 7.11 Å². The SMILES string of the molecule is COCC(NCC(N)=O)c1ccccc1. The quantitative estimate of drug-likeness (QED) is 0.713. The summed E-state index contributed by atoms with van der Waals surface area (Å²) in [5, 5.41) is 3.04. The fourth-order valence-corrected chi connectivity index (χ4v) is 1.35. The first-order valence-corrected chi connectivity index (χ1v) is 4.79. The molecule has 3 N–H and O–H groups in total. The molecule has 0 spiro atoms. The molecule has 0 aromatic heterocycles. The number of benzene rings is 1. The number of nitrogens with two attached hydrogens (primary N) is 1. The minimum absolute atomic E-state index is 0.00343. The predicted octanol–water partition coefficient (Wildman–Crippen LogP) is 0.449. The molecule has 0 aliphatic heterocycles. The number of carbonyl (C=O) groups is 1. The van der Waals surface area contributed by atoms with Crippen molar-refractivity contribution in [2.45, 2.75) is 6.04 Å². The fraction of sp³-hybridized carbons (Fsp3) is 0.364. The minimum atomic E-state index is -0.368. The van der Waals surface area contributed by atoms with Gasteiger partial charge in [0.2, 0.25) is 5.91 Å². The topological polar surface area (TPSA) is 64.3 Å². The lowest BCUT2D eigenvalue weighted by Crippen LogP contribution is -2.33. The van der Waals surface area contributed by atoms with Gasteiger partial charge in [0, 0.05) is 7.11 Å². The van der Waals surface area contributed by atoms with Crippen LogP contribution in [-0.4, -0.2) is 26.2 Å². The summed E-state index contributed by atoms with van der Waals surface area (Å²) in [4.78, 5) is 10.7. The van der Waals surface area contributed by atoms with Gasteiger partial charge < -0.3 is 10.5 Å². The van der Waals surface area contributed by atoms with E-state index in [4.69, 9.17) is 10.5 Å². The van der Waals surface area contributed by atoms with Crippen LogP contribution in [0.1, 0.15) is 11.6 Å². The van der Waals surface area contributed by atoms with E-state index in [2.05, 4.69) is 5.32 Å². The smallest absolute Gasteiger partial charge is 0.231 e. The molecular formula is C11H16N2O2. The number of hydrogen-bond donors (Lipinski definition) is 2. The normalized spacial score (nSPS) is 12.3. The Balaban J connectivity index is 2.61. The van der Waals surface area contributed by atoms with Gasteiger partial charge in [0.25, 0.3) is 0 Å². The lowest BCUT2D eigenvalue weighted by atomic mass is 10.1. The first kappa shape index (κ1) is 11.7. The molecule has 1 atom stereocenters. The zero-order valence-corrected chi connectivity index (χ0v) is 8.77. The lowest BCUT2D eigenvalue weighted by molar-refractivity contribution is -0.117. The summed E-state index contributed by atoms with van der Waals surface area (Å²) in [5.41, 5.74) is 6.16. The van der Waals surface area contributed by atoms with E-state index < -0.39 is 0 Å². The van der Waals surface area contributed by atoms with Crippen LogP contribution in [0.4, 0.5) is 0 Å². The van der Waals surface area contributed by atoms with Crippen LogP contribution in [0.25, 0.3) is 0 Å². The van der Waals surface area contributed by atoms with Crippen molar-refractivity contribution < 1.29 is 9.53 Å². The molecule has 0 aliphatic rings. The lowest BCUT2D eigenvalue weighted by Gasteiger charge is -2.17. The van der Waals surface area contributed by atoms with Crippen molar-refractivity contribution >= 4 is 5.91 Å². The summed E-state index contributed by atoms with van der Waals surface area (Å²) in [6, 6.07) is 9.81. The average Bonchev–Trinajstić information content (AvgIpc) is 2.25. The zero-order valence-electron chi connectivity index (χ0n) is 8.77. The van der Waals surface area contributed by atoms with E-state index in [1.165, 1.54) is 0 Å². The highest BCUT2D eigenvalue weighted by Gasteiger charge is 2.10. The van der Waals surface area contributed by atoms with Crippen molar-refractivity contribution in [1.29, 1.82) is 0 Å². The third kappa shape index (κ3) is 4.10. The van der Waals surface area contributed by atoms with Gasteiger partial charge in [-0.2, -0.15) is 0 Å². The van der Waals surface area contributed by atoms with E-state index in [0.717, 1.165) is 5.56 Å². The number of nitrogens with one attached hydrogen (secondary N) is 1. The van der Waals surface area contributed by atoms with Crippen LogP contribution >= 0.6 is 0 Å². The molecule has 4 heteroatoms. The average molecular weight is 208 g/mol. The molecule has 0 heterocycles. The summed E-state index contributed by atoms with van der Waals surface area (Å²) in [5.74, 6) is -0.368. The van der Waals surface area contributed by atoms with E-state index in [-0.39, 0.29) is 18.5 Å². The van der Waals surface area contributed by atoms with Gasteiger partial charge in [0.15, 0.2) is 0 Å². The van der Waals surface area contributed by atoms with Crippen LogP contribution in [-0.2, 0) is 9.53 Å². The monoisotopic (exact) mass is 208 g/mol. The molecular weight excluding hydrogens is 192 g/mol. The Bertz CT molecular complexity index is 301. The molecule has 0 saturated heterocycles. The molecule has 1 rings (SSSR count). The summed E-state index contributed by atoms with van der Waals surface area (Å²) < 4.78 is 5.08. The molecule has 15 heavy (non-hydrogen) atoms. The molecule has 82 valence electrons. The fourth-order valence-electron chi connectivity index (χ4n) is 1.35. The Kier molecular flexibility index (Phi) is 4.80. The number of ether oxygens (including phenoxy) is 1. The van der Waals surface area contributed by atoms with Gasteiger partial charge in [-0.05, 0) is 5.56 Å². The van der Waals surface area contributed by atoms with Gasteiger partial charge in [-0.3, -0.25) is 10.1 Å². The van der Waals surface area contributed by atoms with E-state index >= 15 is 0 Å². The van der Waals surface area contributed by atoms with Crippen molar-refractivity contribution in [2.75, 3.05) is 20.3 Å². The number of rotatable bonds is 6. The van der Waals surface area contributed by atoms with E-state index in [9.17, 15) is 4.79 Å². The summed E-state index contributed by atoms with van der Waals surface area (Å²) in [7, 11) is 1.63.